The van der Waals surface area contributed by atoms with Crippen molar-refractivity contribution in [2.45, 2.75) is 0 Å². The Bertz CT molecular complexity index is 783. The molecule has 0 aliphatic carbocycles. The molecule has 0 spiro atoms. The van der Waals surface area contributed by atoms with Crippen molar-refractivity contribution in [2.24, 2.45) is 5.73 Å². The zero-order chi connectivity index (χ0) is 14.4. The first-order valence-corrected chi connectivity index (χ1v) is 5.79. The van der Waals surface area contributed by atoms with Gasteiger partial charge in [-0.05, 0) is 24.3 Å². The maximum atomic E-state index is 12.4. The van der Waals surface area contributed by atoms with E-state index in [9.17, 15) is 19.8 Å². The molecular weight excluding hydrogens is 260 g/mol. The second kappa shape index (κ2) is 3.99. The van der Waals surface area contributed by atoms with Gasteiger partial charge in [-0.1, -0.05) is 0 Å². The lowest BCUT2D eigenvalue weighted by Crippen LogP contribution is -2.13. The highest BCUT2D eigenvalue weighted by atomic mass is 16.3. The van der Waals surface area contributed by atoms with Crippen LogP contribution in [0.5, 0.6) is 11.5 Å². The maximum absolute atomic E-state index is 12.4. The van der Waals surface area contributed by atoms with E-state index in [4.69, 9.17) is 5.73 Å². The van der Waals surface area contributed by atoms with E-state index in [2.05, 4.69) is 0 Å². The van der Waals surface area contributed by atoms with Crippen molar-refractivity contribution in [3.8, 4) is 11.5 Å². The number of nitrogens with zero attached hydrogens (tertiary/aromatic N) is 1. The Balaban J connectivity index is 2.06. The molecule has 0 aliphatic heterocycles. The van der Waals surface area contributed by atoms with E-state index in [-0.39, 0.29) is 22.5 Å². The second-order valence-electron chi connectivity index (χ2n) is 4.41. The van der Waals surface area contributed by atoms with Gasteiger partial charge in [0.15, 0.2) is 0 Å². The Hall–Kier alpha value is -3.02. The normalized spacial score (nSPS) is 11.0. The van der Waals surface area contributed by atoms with Gasteiger partial charge in [0.1, 0.15) is 11.5 Å². The molecule has 4 N–H and O–H groups in total. The predicted octanol–water partition coefficient (Wildman–Crippen LogP) is 1.28. The molecule has 0 aliphatic rings. The molecule has 20 heavy (non-hydrogen) atoms. The molecule has 2 aromatic heterocycles. The van der Waals surface area contributed by atoms with Crippen LogP contribution in [0, 0.1) is 0 Å². The summed E-state index contributed by atoms with van der Waals surface area (Å²) >= 11 is 0. The van der Waals surface area contributed by atoms with Gasteiger partial charge in [-0.25, -0.2) is 0 Å². The minimum atomic E-state index is -0.576. The molecule has 100 valence electrons. The molecular formula is C14H10N2O4. The third kappa shape index (κ3) is 1.58. The second-order valence-corrected chi connectivity index (χ2v) is 4.41. The first kappa shape index (κ1) is 12.0. The summed E-state index contributed by atoms with van der Waals surface area (Å²) in [7, 11) is 0. The average molecular weight is 270 g/mol. The van der Waals surface area contributed by atoms with Crippen molar-refractivity contribution in [3.05, 3.63) is 47.5 Å². The molecule has 2 heterocycles. The van der Waals surface area contributed by atoms with Gasteiger partial charge in [0.25, 0.3) is 5.91 Å². The van der Waals surface area contributed by atoms with Crippen LogP contribution >= 0.6 is 0 Å². The third-order valence-corrected chi connectivity index (χ3v) is 3.17. The Morgan fingerprint density at radius 3 is 1.80 bits per heavy atom. The Morgan fingerprint density at radius 1 is 0.900 bits per heavy atom. The predicted molar refractivity (Wildman–Crippen MR) is 71.1 cm³/mol. The molecule has 1 aromatic carbocycles. The van der Waals surface area contributed by atoms with Gasteiger partial charge in [0, 0.05) is 23.3 Å². The zero-order valence-electron chi connectivity index (χ0n) is 10.2. The number of carbonyl (C=O) groups excluding carboxylic acids is 2. The lowest BCUT2D eigenvalue weighted by molar-refractivity contribution is 0.0965. The quantitative estimate of drug-likeness (QED) is 0.610. The summed E-state index contributed by atoms with van der Waals surface area (Å²) < 4.78 is 1.21. The van der Waals surface area contributed by atoms with Crippen LogP contribution in [0.2, 0.25) is 0 Å². The number of benzene rings is 2. The number of phenols is 2. The summed E-state index contributed by atoms with van der Waals surface area (Å²) in [5, 5.41) is 19.2. The molecule has 0 saturated carbocycles. The van der Waals surface area contributed by atoms with Gasteiger partial charge in [-0.3, -0.25) is 14.2 Å². The van der Waals surface area contributed by atoms with Gasteiger partial charge in [-0.15, -0.1) is 0 Å². The van der Waals surface area contributed by atoms with E-state index in [0.29, 0.717) is 11.1 Å². The molecule has 0 saturated heterocycles. The Kier molecular flexibility index (Phi) is 2.40. The van der Waals surface area contributed by atoms with Gasteiger partial charge < -0.3 is 15.9 Å². The number of amides is 1. The summed E-state index contributed by atoms with van der Waals surface area (Å²) in [5.41, 5.74) is 6.22. The van der Waals surface area contributed by atoms with Gasteiger partial charge in [0.05, 0.1) is 11.0 Å². The molecule has 1 amide bonds. The lowest BCUT2D eigenvalue weighted by atomic mass is 10.1. The van der Waals surface area contributed by atoms with Crippen LogP contribution in [0.4, 0.5) is 0 Å². The summed E-state index contributed by atoms with van der Waals surface area (Å²) in [6.45, 7) is 0. The van der Waals surface area contributed by atoms with Crippen LogP contribution < -0.4 is 5.73 Å². The number of carbonyl (C=O) groups is 2. The average Bonchev–Trinajstić information content (AvgIpc) is 2.91. The SMILES string of the molecule is NC(=O)c1ccc(C(=O)n2c3cc(O)c2cc3O)cc1. The number of rotatable bonds is 2. The minimum Gasteiger partial charge on any atom is -0.506 e. The number of aromatic hydroxyl groups is 2. The molecule has 2 bridgehead atoms. The highest BCUT2D eigenvalue weighted by molar-refractivity contribution is 6.06. The van der Waals surface area contributed by atoms with Crippen molar-refractivity contribution in [1.82, 2.24) is 4.57 Å². The van der Waals surface area contributed by atoms with Crippen LogP contribution in [0.3, 0.4) is 0 Å². The van der Waals surface area contributed by atoms with E-state index < -0.39 is 11.8 Å². The van der Waals surface area contributed by atoms with E-state index in [1.54, 1.807) is 0 Å². The summed E-state index contributed by atoms with van der Waals surface area (Å²) in [4.78, 5) is 23.3. The lowest BCUT2D eigenvalue weighted by Gasteiger charge is -2.03. The number of primary amides is 1. The third-order valence-electron chi connectivity index (χ3n) is 3.17. The van der Waals surface area contributed by atoms with Crippen LogP contribution in [-0.4, -0.2) is 26.6 Å². The Morgan fingerprint density at radius 2 is 1.35 bits per heavy atom. The number of phenolic OH excluding ortho intramolecular Hbond substituents is 2. The molecule has 6 nitrogen and oxygen atoms in total. The first-order valence-electron chi connectivity index (χ1n) is 5.79. The first-order chi connectivity index (χ1) is 9.49. The summed E-state index contributed by atoms with van der Waals surface area (Å²) in [6.07, 6.45) is 0. The molecule has 6 heteroatoms. The standard InChI is InChI=1S/C14H10N2O4/c15-13(19)7-1-3-8(4-2-7)14(20)16-9-5-11(17)10(16)6-12(9)18/h1-6,17-18H,(H2,15,19). The summed E-state index contributed by atoms with van der Waals surface area (Å²) in [5.74, 6) is -1.13. The molecule has 0 fully saturated rings. The minimum absolute atomic E-state index is 0.0695. The van der Waals surface area contributed by atoms with Crippen molar-refractivity contribution in [1.29, 1.82) is 0 Å². The monoisotopic (exact) mass is 270 g/mol. The van der Waals surface area contributed by atoms with E-state index in [0.717, 1.165) is 0 Å². The van der Waals surface area contributed by atoms with Crippen molar-refractivity contribution in [3.63, 3.8) is 0 Å². The van der Waals surface area contributed by atoms with Gasteiger partial charge in [-0.2, -0.15) is 0 Å². The van der Waals surface area contributed by atoms with Crippen LogP contribution in [0.15, 0.2) is 36.4 Å². The largest absolute Gasteiger partial charge is 0.506 e. The molecule has 3 rings (SSSR count). The van der Waals surface area contributed by atoms with Gasteiger partial charge >= 0.3 is 0 Å². The highest BCUT2D eigenvalue weighted by Crippen LogP contribution is 2.36. The van der Waals surface area contributed by atoms with Gasteiger partial charge in [0.2, 0.25) is 5.91 Å². The number of nitrogens with two attached hydrogens (primary N) is 1. The molecule has 0 unspecified atom stereocenters. The van der Waals surface area contributed by atoms with E-state index >= 15 is 0 Å². The van der Waals surface area contributed by atoms with Crippen molar-refractivity contribution >= 4 is 22.8 Å². The number of aromatic nitrogens is 1. The fourth-order valence-electron chi connectivity index (χ4n) is 2.17. The topological polar surface area (TPSA) is 106 Å². The Labute approximate surface area is 113 Å². The van der Waals surface area contributed by atoms with Crippen molar-refractivity contribution in [2.75, 3.05) is 0 Å². The highest BCUT2D eigenvalue weighted by Gasteiger charge is 2.21. The number of hydrogen-bond donors (Lipinski definition) is 3. The van der Waals surface area contributed by atoms with E-state index in [1.165, 1.54) is 41.0 Å². The zero-order valence-corrected chi connectivity index (χ0v) is 10.2. The fourth-order valence-corrected chi connectivity index (χ4v) is 2.17. The molecule has 0 radical (unpaired) electrons. The van der Waals surface area contributed by atoms with Crippen molar-refractivity contribution < 1.29 is 19.8 Å². The van der Waals surface area contributed by atoms with Crippen LogP contribution in [0.1, 0.15) is 20.7 Å². The van der Waals surface area contributed by atoms with Crippen LogP contribution in [0.25, 0.3) is 11.0 Å². The fraction of sp³-hybridized carbons (Fsp3) is 0. The molecule has 3 aromatic rings. The smallest absolute Gasteiger partial charge is 0.263 e. The molecule has 0 atom stereocenters. The maximum Gasteiger partial charge on any atom is 0.263 e. The number of fused-ring (bicyclic) bond motifs is 2. The van der Waals surface area contributed by atoms with E-state index in [1.807, 2.05) is 0 Å². The van der Waals surface area contributed by atoms with Crippen LogP contribution in [-0.2, 0) is 0 Å². The number of hydrogen-bond acceptors (Lipinski definition) is 4. The summed E-state index contributed by atoms with van der Waals surface area (Å²) in [6, 6.07) is 8.47.